The second kappa shape index (κ2) is 6.47. The Labute approximate surface area is 72.9 Å². The first-order valence-electron chi connectivity index (χ1n) is 3.73. The molecular formula is C8H14ClO2. The van der Waals surface area contributed by atoms with Gasteiger partial charge in [-0.25, -0.2) is 0 Å². The van der Waals surface area contributed by atoms with E-state index in [1.54, 1.807) is 0 Å². The first kappa shape index (κ1) is 10.8. The van der Waals surface area contributed by atoms with Gasteiger partial charge in [-0.3, -0.25) is 4.79 Å². The molecule has 0 aromatic carbocycles. The summed E-state index contributed by atoms with van der Waals surface area (Å²) in [5.74, 6) is 0.392. The van der Waals surface area contributed by atoms with Crippen LogP contribution in [-0.2, 0) is 9.53 Å². The third kappa shape index (κ3) is 7.66. The van der Waals surface area contributed by atoms with Crippen LogP contribution in [0.2, 0.25) is 0 Å². The molecule has 65 valence electrons. The Morgan fingerprint density at radius 2 is 2.27 bits per heavy atom. The summed E-state index contributed by atoms with van der Waals surface area (Å²) in [6.45, 7) is 5.05. The zero-order valence-electron chi connectivity index (χ0n) is 6.81. The summed E-state index contributed by atoms with van der Waals surface area (Å²) in [5, 5.41) is 0. The van der Waals surface area contributed by atoms with Gasteiger partial charge in [-0.2, -0.15) is 0 Å². The van der Waals surface area contributed by atoms with Crippen LogP contribution in [0.4, 0.5) is 0 Å². The van der Waals surface area contributed by atoms with Crippen molar-refractivity contribution in [2.45, 2.75) is 32.3 Å². The first-order chi connectivity index (χ1) is 5.16. The van der Waals surface area contributed by atoms with Crippen molar-refractivity contribution >= 4 is 17.6 Å². The molecule has 3 heteroatoms. The van der Waals surface area contributed by atoms with Crippen molar-refractivity contribution in [3.63, 3.8) is 0 Å². The lowest BCUT2D eigenvalue weighted by Gasteiger charge is -2.09. The molecule has 0 aliphatic rings. The molecule has 0 N–H and O–H groups in total. The van der Waals surface area contributed by atoms with Crippen LogP contribution in [0.1, 0.15) is 26.2 Å². The summed E-state index contributed by atoms with van der Waals surface area (Å²) in [7, 11) is 0. The quantitative estimate of drug-likeness (QED) is 0.366. The highest BCUT2D eigenvalue weighted by Gasteiger charge is 2.03. The molecule has 0 aromatic heterocycles. The highest BCUT2D eigenvalue weighted by molar-refractivity contribution is 6.17. The van der Waals surface area contributed by atoms with E-state index in [0.29, 0.717) is 5.88 Å². The highest BCUT2D eigenvalue weighted by atomic mass is 35.5. The fourth-order valence-electron chi connectivity index (χ4n) is 0.760. The van der Waals surface area contributed by atoms with E-state index < -0.39 is 0 Å². The Kier molecular flexibility index (Phi) is 6.33. The maximum Gasteiger partial charge on any atom is 0.302 e. The summed E-state index contributed by atoms with van der Waals surface area (Å²) >= 11 is 5.46. The number of hydrogen-bond acceptors (Lipinski definition) is 2. The number of alkyl halides is 1. The van der Waals surface area contributed by atoms with Crippen molar-refractivity contribution in [2.24, 2.45) is 0 Å². The predicted molar refractivity (Wildman–Crippen MR) is 45.5 cm³/mol. The Bertz CT molecular complexity index is 115. The summed E-state index contributed by atoms with van der Waals surface area (Å²) in [5.41, 5.74) is 0. The molecule has 0 heterocycles. The lowest BCUT2D eigenvalue weighted by atomic mass is 10.2. The fourth-order valence-corrected chi connectivity index (χ4v) is 0.949. The Balaban J connectivity index is 3.22. The number of esters is 1. The number of carbonyl (C=O) groups excluding carboxylic acids is 1. The van der Waals surface area contributed by atoms with Gasteiger partial charge >= 0.3 is 5.97 Å². The molecule has 0 fully saturated rings. The van der Waals surface area contributed by atoms with Gasteiger partial charge in [0.25, 0.3) is 0 Å². The average molecular weight is 178 g/mol. The average Bonchev–Trinajstić information content (AvgIpc) is 1.86. The normalized spacial score (nSPS) is 12.6. The minimum absolute atomic E-state index is 0.212. The standard InChI is InChI=1S/C8H14ClO2/c1-7(11-8(2)10)5-3-4-6-9/h7H,1,3-6H2,2H3. The largest absolute Gasteiger partial charge is 0.463 e. The van der Waals surface area contributed by atoms with Crippen LogP contribution in [0.25, 0.3) is 0 Å². The van der Waals surface area contributed by atoms with Crippen LogP contribution in [0.5, 0.6) is 0 Å². The molecule has 2 nitrogen and oxygen atoms in total. The van der Waals surface area contributed by atoms with Crippen LogP contribution in [0.3, 0.4) is 0 Å². The van der Waals surface area contributed by atoms with E-state index in [-0.39, 0.29) is 12.1 Å². The molecular weight excluding hydrogens is 164 g/mol. The first-order valence-corrected chi connectivity index (χ1v) is 4.26. The van der Waals surface area contributed by atoms with Gasteiger partial charge in [-0.05, 0) is 26.2 Å². The summed E-state index contributed by atoms with van der Waals surface area (Å²) in [6, 6.07) is 0. The van der Waals surface area contributed by atoms with Crippen molar-refractivity contribution in [1.82, 2.24) is 0 Å². The van der Waals surface area contributed by atoms with Crippen molar-refractivity contribution in [1.29, 1.82) is 0 Å². The third-order valence-electron chi connectivity index (χ3n) is 1.24. The van der Waals surface area contributed by atoms with Gasteiger partial charge < -0.3 is 4.74 Å². The maximum absolute atomic E-state index is 10.4. The summed E-state index contributed by atoms with van der Waals surface area (Å²) in [4.78, 5) is 10.4. The Morgan fingerprint density at radius 3 is 2.73 bits per heavy atom. The van der Waals surface area contributed by atoms with E-state index in [1.165, 1.54) is 6.92 Å². The molecule has 11 heavy (non-hydrogen) atoms. The summed E-state index contributed by atoms with van der Waals surface area (Å²) in [6.07, 6.45) is 2.50. The van der Waals surface area contributed by atoms with Crippen LogP contribution in [-0.4, -0.2) is 18.0 Å². The summed E-state index contributed by atoms with van der Waals surface area (Å²) < 4.78 is 4.80. The number of ether oxygens (including phenoxy) is 1. The van der Waals surface area contributed by atoms with Gasteiger partial charge in [-0.15, -0.1) is 11.6 Å². The number of carbonyl (C=O) groups is 1. The van der Waals surface area contributed by atoms with Crippen LogP contribution < -0.4 is 0 Å². The topological polar surface area (TPSA) is 26.3 Å². The minimum atomic E-state index is -0.268. The number of rotatable bonds is 5. The van der Waals surface area contributed by atoms with E-state index >= 15 is 0 Å². The van der Waals surface area contributed by atoms with Crippen molar-refractivity contribution in [2.75, 3.05) is 5.88 Å². The molecule has 0 aliphatic heterocycles. The molecule has 0 saturated heterocycles. The molecule has 1 radical (unpaired) electrons. The second-order valence-electron chi connectivity index (χ2n) is 2.42. The van der Waals surface area contributed by atoms with Crippen molar-refractivity contribution in [3.8, 4) is 0 Å². The van der Waals surface area contributed by atoms with E-state index in [4.69, 9.17) is 16.3 Å². The van der Waals surface area contributed by atoms with Crippen molar-refractivity contribution < 1.29 is 9.53 Å². The van der Waals surface area contributed by atoms with Crippen LogP contribution in [0.15, 0.2) is 0 Å². The van der Waals surface area contributed by atoms with Crippen LogP contribution in [0, 0.1) is 6.92 Å². The zero-order valence-corrected chi connectivity index (χ0v) is 7.56. The van der Waals surface area contributed by atoms with E-state index in [0.717, 1.165) is 19.3 Å². The monoisotopic (exact) mass is 177 g/mol. The molecule has 0 bridgehead atoms. The van der Waals surface area contributed by atoms with Gasteiger partial charge in [0, 0.05) is 12.8 Å². The maximum atomic E-state index is 10.4. The molecule has 0 amide bonds. The SMILES string of the molecule is [CH2]C(CCCCCl)OC(C)=O. The molecule has 0 rings (SSSR count). The number of unbranched alkanes of at least 4 members (excludes halogenated alkanes) is 1. The molecule has 1 atom stereocenters. The molecule has 1 unspecified atom stereocenters. The van der Waals surface area contributed by atoms with Crippen molar-refractivity contribution in [3.05, 3.63) is 6.92 Å². The predicted octanol–water partition coefficient (Wildman–Crippen LogP) is 2.16. The lowest BCUT2D eigenvalue weighted by Crippen LogP contribution is -2.12. The second-order valence-corrected chi connectivity index (χ2v) is 2.79. The molecule has 0 aromatic rings. The van der Waals surface area contributed by atoms with E-state index in [2.05, 4.69) is 6.92 Å². The van der Waals surface area contributed by atoms with Gasteiger partial charge in [-0.1, -0.05) is 0 Å². The minimum Gasteiger partial charge on any atom is -0.463 e. The fraction of sp³-hybridized carbons (Fsp3) is 0.750. The third-order valence-corrected chi connectivity index (χ3v) is 1.51. The lowest BCUT2D eigenvalue weighted by molar-refractivity contribution is -0.144. The van der Waals surface area contributed by atoms with Gasteiger partial charge in [0.1, 0.15) is 6.10 Å². The number of hydrogen-bond donors (Lipinski definition) is 0. The number of halogens is 1. The smallest absolute Gasteiger partial charge is 0.302 e. The molecule has 0 saturated carbocycles. The van der Waals surface area contributed by atoms with Crippen LogP contribution >= 0.6 is 11.6 Å². The van der Waals surface area contributed by atoms with E-state index in [9.17, 15) is 4.79 Å². The Morgan fingerprint density at radius 1 is 1.64 bits per heavy atom. The molecule has 0 spiro atoms. The molecule has 0 aliphatic carbocycles. The van der Waals surface area contributed by atoms with Gasteiger partial charge in [0.15, 0.2) is 0 Å². The zero-order chi connectivity index (χ0) is 8.69. The highest BCUT2D eigenvalue weighted by Crippen LogP contribution is 2.04. The van der Waals surface area contributed by atoms with Gasteiger partial charge in [0.05, 0.1) is 0 Å². The van der Waals surface area contributed by atoms with Gasteiger partial charge in [0.2, 0.25) is 0 Å². The van der Waals surface area contributed by atoms with E-state index in [1.807, 2.05) is 0 Å². The Hall–Kier alpha value is -0.240.